The number of benzene rings is 1. The first kappa shape index (κ1) is 23.3. The molecule has 1 aliphatic heterocycles. The van der Waals surface area contributed by atoms with Crippen molar-refractivity contribution in [1.29, 1.82) is 0 Å². The summed E-state index contributed by atoms with van der Waals surface area (Å²) < 4.78 is 25.1. The third kappa shape index (κ3) is 5.03. The lowest BCUT2D eigenvalue weighted by molar-refractivity contribution is 0.100. The highest BCUT2D eigenvalue weighted by atomic mass is 32.3. The number of fused-ring (bicyclic) bond motifs is 1. The summed E-state index contributed by atoms with van der Waals surface area (Å²) in [6.45, 7) is 2.39. The van der Waals surface area contributed by atoms with E-state index in [1.807, 2.05) is 12.3 Å². The number of methoxy groups -OCH3 is 1. The molecule has 3 heterocycles. The van der Waals surface area contributed by atoms with Crippen LogP contribution < -0.4 is 5.73 Å². The van der Waals surface area contributed by atoms with Gasteiger partial charge in [0.2, 0.25) is 0 Å². The van der Waals surface area contributed by atoms with Crippen LogP contribution in [0.2, 0.25) is 0 Å². The molecule has 174 valence electrons. The number of hydrogen-bond acceptors (Lipinski definition) is 6. The van der Waals surface area contributed by atoms with Gasteiger partial charge in [-0.1, -0.05) is 0 Å². The molecule has 1 saturated heterocycles. The molecule has 1 aromatic carbocycles. The summed E-state index contributed by atoms with van der Waals surface area (Å²) in [5.41, 5.74) is 10.1. The lowest BCUT2D eigenvalue weighted by Crippen LogP contribution is -2.21. The van der Waals surface area contributed by atoms with E-state index in [0.717, 1.165) is 53.5 Å². The molecule has 4 rings (SSSR count). The van der Waals surface area contributed by atoms with E-state index >= 15 is 0 Å². The maximum absolute atomic E-state index is 12.2. The number of hydrogen-bond donors (Lipinski definition) is 4. The summed E-state index contributed by atoms with van der Waals surface area (Å²) in [6, 6.07) is 6.16. The number of carbonyl (C=O) groups is 1. The Balaban J connectivity index is 1.66. The van der Waals surface area contributed by atoms with Crippen molar-refractivity contribution in [2.24, 2.45) is 5.73 Å². The van der Waals surface area contributed by atoms with Crippen LogP contribution in [-0.4, -0.2) is 63.7 Å². The third-order valence-corrected chi connectivity index (χ3v) is 8.90. The van der Waals surface area contributed by atoms with Crippen LogP contribution in [-0.2, 0) is 11.3 Å². The summed E-state index contributed by atoms with van der Waals surface area (Å²) >= 11 is 1.70. The van der Waals surface area contributed by atoms with Crippen molar-refractivity contribution in [3.05, 3.63) is 45.8 Å². The van der Waals surface area contributed by atoms with Crippen molar-refractivity contribution in [2.45, 2.75) is 25.3 Å². The second kappa shape index (κ2) is 9.54. The molecule has 0 atom stereocenters. The van der Waals surface area contributed by atoms with Crippen molar-refractivity contribution in [1.82, 2.24) is 9.88 Å². The van der Waals surface area contributed by atoms with Crippen molar-refractivity contribution in [3.8, 4) is 11.1 Å². The number of nitrogens with zero attached hydrogens (tertiary/aromatic N) is 1. The monoisotopic (exact) mass is 477 g/mol. The van der Waals surface area contributed by atoms with Crippen molar-refractivity contribution in [3.63, 3.8) is 0 Å². The molecule has 0 saturated carbocycles. The van der Waals surface area contributed by atoms with Crippen LogP contribution in [0.25, 0.3) is 22.0 Å². The molecule has 1 fully saturated rings. The number of nitrogens with one attached hydrogen (secondary N) is 1. The fourth-order valence-corrected chi connectivity index (χ4v) is 6.88. The first-order valence-electron chi connectivity index (χ1n) is 10.7. The van der Waals surface area contributed by atoms with Crippen molar-refractivity contribution >= 4 is 38.7 Å². The lowest BCUT2D eigenvalue weighted by atomic mass is 9.91. The molecule has 0 aliphatic carbocycles. The Labute approximate surface area is 193 Å². The fourth-order valence-electron chi connectivity index (χ4n) is 4.38. The Morgan fingerprint density at radius 2 is 2.03 bits per heavy atom. The number of H-pyrrole nitrogens is 1. The van der Waals surface area contributed by atoms with E-state index in [1.54, 1.807) is 18.4 Å². The van der Waals surface area contributed by atoms with Crippen LogP contribution in [0, 0.1) is 0 Å². The highest BCUT2D eigenvalue weighted by Gasteiger charge is 2.27. The van der Waals surface area contributed by atoms with Gasteiger partial charge >= 0.3 is 0 Å². The topological polar surface area (TPSA) is 112 Å². The predicted molar refractivity (Wildman–Crippen MR) is 133 cm³/mol. The summed E-state index contributed by atoms with van der Waals surface area (Å²) in [4.78, 5) is 19.0. The zero-order valence-corrected chi connectivity index (χ0v) is 20.1. The molecular weight excluding hydrogens is 446 g/mol. The van der Waals surface area contributed by atoms with Crippen LogP contribution in [0.15, 0.2) is 29.8 Å². The molecule has 0 spiro atoms. The molecule has 2 aromatic heterocycles. The Morgan fingerprint density at radius 1 is 1.28 bits per heavy atom. The Morgan fingerprint density at radius 3 is 2.72 bits per heavy atom. The van der Waals surface area contributed by atoms with Gasteiger partial charge in [-0.05, 0) is 66.1 Å². The molecular formula is C23H31N3O4S2. The van der Waals surface area contributed by atoms with E-state index in [0.29, 0.717) is 23.7 Å². The molecule has 1 aliphatic rings. The number of primary amides is 1. The van der Waals surface area contributed by atoms with Gasteiger partial charge in [-0.15, -0.1) is 11.3 Å². The van der Waals surface area contributed by atoms with Gasteiger partial charge < -0.3 is 15.5 Å². The molecule has 0 unspecified atom stereocenters. The zero-order valence-electron chi connectivity index (χ0n) is 18.5. The molecule has 0 radical (unpaired) electrons. The quantitative estimate of drug-likeness (QED) is 0.376. The van der Waals surface area contributed by atoms with Crippen molar-refractivity contribution < 1.29 is 18.6 Å². The molecule has 9 heteroatoms. The summed E-state index contributed by atoms with van der Waals surface area (Å²) in [7, 11) is 1.34. The van der Waals surface area contributed by atoms with E-state index in [4.69, 9.17) is 10.5 Å². The number of aromatic amines is 1. The van der Waals surface area contributed by atoms with E-state index in [-0.39, 0.29) is 5.92 Å². The van der Waals surface area contributed by atoms with Gasteiger partial charge in [0.25, 0.3) is 5.91 Å². The number of amides is 1. The second-order valence-corrected chi connectivity index (χ2v) is 12.0. The molecule has 3 aromatic rings. The second-order valence-electron chi connectivity index (χ2n) is 8.57. The summed E-state index contributed by atoms with van der Waals surface area (Å²) in [5, 5.41) is 3.11. The first-order valence-corrected chi connectivity index (χ1v) is 13.5. The van der Waals surface area contributed by atoms with E-state index < -0.39 is 16.5 Å². The molecule has 1 amide bonds. The highest BCUT2D eigenvalue weighted by molar-refractivity contribution is 8.24. The minimum absolute atomic E-state index is 0.229. The average molecular weight is 478 g/mol. The SMILES string of the molecule is COCCN(C)Cc1cc(-c2cc(C(N)=O)c3[nH]cc(C4CCS(O)(O)CC4)c3c2)cs1. The van der Waals surface area contributed by atoms with Gasteiger partial charge in [-0.3, -0.25) is 18.8 Å². The predicted octanol–water partition coefficient (Wildman–Crippen LogP) is 4.70. The third-order valence-electron chi connectivity index (χ3n) is 6.20. The van der Waals surface area contributed by atoms with Crippen LogP contribution in [0.3, 0.4) is 0 Å². The smallest absolute Gasteiger partial charge is 0.250 e. The van der Waals surface area contributed by atoms with Gasteiger partial charge in [0.05, 0.1) is 17.7 Å². The molecule has 7 nitrogen and oxygen atoms in total. The van der Waals surface area contributed by atoms with Gasteiger partial charge in [-0.25, -0.2) is 0 Å². The largest absolute Gasteiger partial charge is 0.383 e. The van der Waals surface area contributed by atoms with E-state index in [1.165, 1.54) is 4.88 Å². The average Bonchev–Trinajstić information content (AvgIpc) is 3.38. The zero-order chi connectivity index (χ0) is 22.9. The number of rotatable bonds is 8. The first-order chi connectivity index (χ1) is 15.3. The Hall–Kier alpha value is -1.88. The maximum atomic E-state index is 12.2. The number of carbonyl (C=O) groups excluding carboxylic acids is 1. The Kier molecular flexibility index (Phi) is 6.94. The van der Waals surface area contributed by atoms with Crippen LogP contribution >= 0.6 is 21.9 Å². The number of nitrogens with two attached hydrogens (primary N) is 1. The van der Waals surface area contributed by atoms with E-state index in [2.05, 4.69) is 34.4 Å². The lowest BCUT2D eigenvalue weighted by Gasteiger charge is -2.39. The number of ether oxygens (including phenoxy) is 1. The molecule has 32 heavy (non-hydrogen) atoms. The summed E-state index contributed by atoms with van der Waals surface area (Å²) in [6.07, 6.45) is 3.40. The van der Waals surface area contributed by atoms with Gasteiger partial charge in [-0.2, -0.15) is 10.6 Å². The Bertz CT molecular complexity index is 1100. The van der Waals surface area contributed by atoms with E-state index in [9.17, 15) is 13.9 Å². The molecule has 0 bridgehead atoms. The van der Waals surface area contributed by atoms with Crippen LogP contribution in [0.5, 0.6) is 0 Å². The fraction of sp³-hybridized carbons (Fsp3) is 0.435. The highest BCUT2D eigenvalue weighted by Crippen LogP contribution is 2.49. The normalized spacial score (nSPS) is 17.8. The number of likely N-dealkylation sites (N-methyl/N-ethyl adjacent to an activating group) is 1. The minimum atomic E-state index is -2.44. The standard InChI is InChI=1S/C23H31N3O4S2/c1-26(5-6-30-2)13-18-9-17(14-31-18)16-10-19-21(15-3-7-32(28,29)8-4-15)12-25-22(19)20(11-16)23(24)27/h9-12,14-15,25,28-29H,3-8,13H2,1-2H3,(H2,24,27). The minimum Gasteiger partial charge on any atom is -0.383 e. The number of thiophene rings is 1. The molecule has 5 N–H and O–H groups in total. The van der Waals surface area contributed by atoms with Gasteiger partial charge in [0.15, 0.2) is 0 Å². The van der Waals surface area contributed by atoms with Gasteiger partial charge in [0.1, 0.15) is 0 Å². The van der Waals surface area contributed by atoms with Crippen molar-refractivity contribution in [2.75, 3.05) is 38.8 Å². The number of aromatic nitrogens is 1. The maximum Gasteiger partial charge on any atom is 0.250 e. The summed E-state index contributed by atoms with van der Waals surface area (Å²) in [5.74, 6) is 0.624. The van der Waals surface area contributed by atoms with Crippen LogP contribution in [0.4, 0.5) is 0 Å². The van der Waals surface area contributed by atoms with Crippen LogP contribution in [0.1, 0.15) is 39.6 Å². The van der Waals surface area contributed by atoms with Gasteiger partial charge in [0, 0.05) is 48.2 Å².